The smallest absolute Gasteiger partial charge is 0.155 e. The van der Waals surface area contributed by atoms with Gasteiger partial charge in [-0.2, -0.15) is 0 Å². The summed E-state index contributed by atoms with van der Waals surface area (Å²) < 4.78 is 0. The van der Waals surface area contributed by atoms with Gasteiger partial charge in [0, 0.05) is 39.1 Å². The average Bonchev–Trinajstić information content (AvgIpc) is 2.20. The van der Waals surface area contributed by atoms with Crippen LogP contribution in [-0.2, 0) is 4.79 Å². The molecule has 0 radical (unpaired) electrons. The van der Waals surface area contributed by atoms with Crippen LogP contribution in [-0.4, -0.2) is 54.3 Å². The molecule has 0 aromatic heterocycles. The number of hydrogen-bond donors (Lipinski definition) is 0. The number of hydrogen-bond acceptors (Lipinski definition) is 3. The zero-order chi connectivity index (χ0) is 9.26. The number of carbonyl (C=O) groups is 1. The van der Waals surface area contributed by atoms with Gasteiger partial charge < -0.3 is 0 Å². The third-order valence-electron chi connectivity index (χ3n) is 3.00. The number of carbonyl (C=O) groups excluding carboxylic acids is 1. The fourth-order valence-corrected chi connectivity index (χ4v) is 2.20. The molecule has 1 atom stereocenters. The summed E-state index contributed by atoms with van der Waals surface area (Å²) in [6.45, 7) is 8.94. The first-order valence-electron chi connectivity index (χ1n) is 4.91. The predicted molar refractivity (Wildman–Crippen MR) is 51.6 cm³/mol. The van der Waals surface area contributed by atoms with Gasteiger partial charge in [0.2, 0.25) is 0 Å². The van der Waals surface area contributed by atoms with Gasteiger partial charge >= 0.3 is 0 Å². The van der Waals surface area contributed by atoms with Crippen molar-refractivity contribution in [3.63, 3.8) is 0 Å². The third kappa shape index (κ3) is 1.67. The van der Waals surface area contributed by atoms with Crippen LogP contribution in [0.1, 0.15) is 6.42 Å². The molecule has 72 valence electrons. The molecule has 0 saturated carbocycles. The minimum atomic E-state index is 0.153. The lowest BCUT2D eigenvalue weighted by Gasteiger charge is -2.46. The Hall–Kier alpha value is -0.670. The number of piperazine rings is 3. The number of ketones is 1. The standard InChI is InChI=1S/C10H16N2O/c1-2-3-10(13)9-8-11-4-6-12(9)7-5-11/h2,9H,1,3-8H2. The summed E-state index contributed by atoms with van der Waals surface area (Å²) in [5, 5.41) is 0. The van der Waals surface area contributed by atoms with E-state index in [1.807, 2.05) is 0 Å². The highest BCUT2D eigenvalue weighted by Crippen LogP contribution is 2.17. The van der Waals surface area contributed by atoms with Gasteiger partial charge in [0.25, 0.3) is 0 Å². The number of allylic oxidation sites excluding steroid dienone is 1. The molecule has 3 heteroatoms. The van der Waals surface area contributed by atoms with E-state index in [4.69, 9.17) is 0 Å². The fourth-order valence-electron chi connectivity index (χ4n) is 2.20. The van der Waals surface area contributed by atoms with Gasteiger partial charge in [0.05, 0.1) is 6.04 Å². The Morgan fingerprint density at radius 1 is 1.38 bits per heavy atom. The molecule has 3 aliphatic heterocycles. The average molecular weight is 180 g/mol. The van der Waals surface area contributed by atoms with Crippen molar-refractivity contribution in [2.75, 3.05) is 32.7 Å². The first kappa shape index (κ1) is 8.91. The zero-order valence-electron chi connectivity index (χ0n) is 7.91. The fraction of sp³-hybridized carbons (Fsp3) is 0.700. The molecule has 0 aromatic rings. The maximum absolute atomic E-state index is 11.6. The van der Waals surface area contributed by atoms with Gasteiger partial charge in [-0.3, -0.25) is 14.6 Å². The van der Waals surface area contributed by atoms with E-state index in [1.165, 1.54) is 0 Å². The van der Waals surface area contributed by atoms with Crippen LogP contribution in [0.3, 0.4) is 0 Å². The molecular weight excluding hydrogens is 164 g/mol. The van der Waals surface area contributed by atoms with Gasteiger partial charge in [-0.25, -0.2) is 0 Å². The number of Topliss-reactive ketones (excluding diaryl/α,β-unsaturated/α-hetero) is 1. The Kier molecular flexibility index (Phi) is 2.47. The molecule has 0 N–H and O–H groups in total. The van der Waals surface area contributed by atoms with Crippen molar-refractivity contribution in [3.05, 3.63) is 12.7 Å². The molecule has 0 spiro atoms. The molecule has 0 aliphatic carbocycles. The monoisotopic (exact) mass is 180 g/mol. The molecular formula is C10H16N2O. The summed E-state index contributed by atoms with van der Waals surface area (Å²) in [7, 11) is 0. The molecule has 3 heterocycles. The summed E-state index contributed by atoms with van der Waals surface area (Å²) in [5.41, 5.74) is 0. The highest BCUT2D eigenvalue weighted by molar-refractivity contribution is 5.85. The topological polar surface area (TPSA) is 23.6 Å². The van der Waals surface area contributed by atoms with E-state index in [-0.39, 0.29) is 6.04 Å². The second kappa shape index (κ2) is 3.60. The molecule has 0 aromatic carbocycles. The van der Waals surface area contributed by atoms with Crippen molar-refractivity contribution in [3.8, 4) is 0 Å². The highest BCUT2D eigenvalue weighted by atomic mass is 16.1. The van der Waals surface area contributed by atoms with E-state index < -0.39 is 0 Å². The molecule has 2 bridgehead atoms. The van der Waals surface area contributed by atoms with Gasteiger partial charge in [0.1, 0.15) is 0 Å². The van der Waals surface area contributed by atoms with Gasteiger partial charge in [-0.15, -0.1) is 6.58 Å². The SMILES string of the molecule is C=CCC(=O)C1CN2CCN1CC2. The predicted octanol–water partition coefficient (Wildman–Crippen LogP) is 0.131. The molecule has 3 fully saturated rings. The Morgan fingerprint density at radius 3 is 2.54 bits per heavy atom. The van der Waals surface area contributed by atoms with Crippen molar-refractivity contribution in [1.29, 1.82) is 0 Å². The quantitative estimate of drug-likeness (QED) is 0.577. The summed E-state index contributed by atoms with van der Waals surface area (Å²) >= 11 is 0. The van der Waals surface area contributed by atoms with Crippen molar-refractivity contribution in [2.24, 2.45) is 0 Å². The van der Waals surface area contributed by atoms with Crippen LogP contribution in [0.25, 0.3) is 0 Å². The van der Waals surface area contributed by atoms with Crippen molar-refractivity contribution in [1.82, 2.24) is 9.80 Å². The Labute approximate surface area is 79.0 Å². The minimum Gasteiger partial charge on any atom is -0.299 e. The highest BCUT2D eigenvalue weighted by Gasteiger charge is 2.35. The number of nitrogens with zero attached hydrogens (tertiary/aromatic N) is 2. The maximum Gasteiger partial charge on any atom is 0.155 e. The van der Waals surface area contributed by atoms with E-state index in [9.17, 15) is 4.79 Å². The van der Waals surface area contributed by atoms with E-state index in [1.54, 1.807) is 6.08 Å². The van der Waals surface area contributed by atoms with Gasteiger partial charge in [0.15, 0.2) is 5.78 Å². The van der Waals surface area contributed by atoms with Crippen molar-refractivity contribution in [2.45, 2.75) is 12.5 Å². The summed E-state index contributed by atoms with van der Waals surface area (Å²) in [5.74, 6) is 0.333. The molecule has 3 rings (SSSR count). The first-order valence-corrected chi connectivity index (χ1v) is 4.91. The lowest BCUT2D eigenvalue weighted by Crippen LogP contribution is -2.63. The summed E-state index contributed by atoms with van der Waals surface area (Å²) in [6.07, 6.45) is 2.23. The van der Waals surface area contributed by atoms with Crippen molar-refractivity contribution >= 4 is 5.78 Å². The molecule has 3 nitrogen and oxygen atoms in total. The lowest BCUT2D eigenvalue weighted by atomic mass is 10.0. The maximum atomic E-state index is 11.6. The van der Waals surface area contributed by atoms with Crippen LogP contribution in [0.15, 0.2) is 12.7 Å². The Morgan fingerprint density at radius 2 is 2.08 bits per heavy atom. The summed E-state index contributed by atoms with van der Waals surface area (Å²) in [6, 6.07) is 0.153. The molecule has 1 unspecified atom stereocenters. The van der Waals surface area contributed by atoms with Crippen LogP contribution in [0.5, 0.6) is 0 Å². The van der Waals surface area contributed by atoms with Crippen LogP contribution in [0.4, 0.5) is 0 Å². The molecule has 3 aliphatic rings. The van der Waals surface area contributed by atoms with Crippen LogP contribution < -0.4 is 0 Å². The first-order chi connectivity index (χ1) is 6.31. The molecule has 13 heavy (non-hydrogen) atoms. The van der Waals surface area contributed by atoms with Gasteiger partial charge in [-0.1, -0.05) is 6.08 Å². The number of rotatable bonds is 3. The van der Waals surface area contributed by atoms with E-state index in [0.717, 1.165) is 32.7 Å². The van der Waals surface area contributed by atoms with Gasteiger partial charge in [-0.05, 0) is 0 Å². The summed E-state index contributed by atoms with van der Waals surface area (Å²) in [4.78, 5) is 16.3. The second-order valence-electron chi connectivity index (χ2n) is 3.81. The molecule has 3 saturated heterocycles. The van der Waals surface area contributed by atoms with E-state index >= 15 is 0 Å². The van der Waals surface area contributed by atoms with E-state index in [2.05, 4.69) is 16.4 Å². The Balaban J connectivity index is 2.00. The third-order valence-corrected chi connectivity index (χ3v) is 3.00. The normalized spacial score (nSPS) is 37.4. The number of fused-ring (bicyclic) bond motifs is 3. The van der Waals surface area contributed by atoms with E-state index in [0.29, 0.717) is 12.2 Å². The Bertz CT molecular complexity index is 219. The second-order valence-corrected chi connectivity index (χ2v) is 3.81. The van der Waals surface area contributed by atoms with Crippen LogP contribution in [0, 0.1) is 0 Å². The van der Waals surface area contributed by atoms with Crippen LogP contribution >= 0.6 is 0 Å². The van der Waals surface area contributed by atoms with Crippen LogP contribution in [0.2, 0.25) is 0 Å². The molecule has 0 amide bonds. The van der Waals surface area contributed by atoms with Crippen molar-refractivity contribution < 1.29 is 4.79 Å². The largest absolute Gasteiger partial charge is 0.299 e. The lowest BCUT2D eigenvalue weighted by molar-refractivity contribution is -0.128. The zero-order valence-corrected chi connectivity index (χ0v) is 7.91. The minimum absolute atomic E-state index is 0.153.